The number of ether oxygens (including phenoxy) is 2. The standard InChI is InChI=1S/C7H14O3/c1-7(2,10-4)6(8)5-9-3/h5H2,1-4H3. The number of Topliss-reactive ketones (excluding diaryl/α,β-unsaturated/α-hetero) is 1. The molecule has 0 atom stereocenters. The molecule has 0 bridgehead atoms. The van der Waals surface area contributed by atoms with Gasteiger partial charge in [0.25, 0.3) is 0 Å². The minimum absolute atomic E-state index is 0.0440. The molecule has 0 spiro atoms. The average Bonchev–Trinajstić information content (AvgIpc) is 1.89. The zero-order valence-corrected chi connectivity index (χ0v) is 6.93. The second-order valence-electron chi connectivity index (χ2n) is 2.57. The predicted octanol–water partition coefficient (Wildman–Crippen LogP) is 0.627. The van der Waals surface area contributed by atoms with Gasteiger partial charge in [0.05, 0.1) is 0 Å². The van der Waals surface area contributed by atoms with Crippen molar-refractivity contribution in [3.63, 3.8) is 0 Å². The van der Waals surface area contributed by atoms with Crippen molar-refractivity contribution in [3.05, 3.63) is 0 Å². The van der Waals surface area contributed by atoms with Crippen molar-refractivity contribution in [2.24, 2.45) is 0 Å². The molecule has 0 rings (SSSR count). The highest BCUT2D eigenvalue weighted by molar-refractivity contribution is 5.87. The maximum absolute atomic E-state index is 11.0. The molecule has 0 aromatic heterocycles. The molecule has 0 aromatic rings. The molecule has 0 saturated heterocycles. The van der Waals surface area contributed by atoms with Crippen molar-refractivity contribution in [2.75, 3.05) is 20.8 Å². The summed E-state index contributed by atoms with van der Waals surface area (Å²) in [6, 6.07) is 0. The normalized spacial score (nSPS) is 11.6. The number of hydrogen-bond acceptors (Lipinski definition) is 3. The molecule has 0 N–H and O–H groups in total. The minimum atomic E-state index is -0.712. The quantitative estimate of drug-likeness (QED) is 0.583. The SMILES string of the molecule is COCC(=O)C(C)(C)OC. The molecule has 0 radical (unpaired) electrons. The third kappa shape index (κ3) is 2.45. The Bertz CT molecular complexity index is 118. The summed E-state index contributed by atoms with van der Waals surface area (Å²) in [6.45, 7) is 3.55. The molecule has 3 heteroatoms. The van der Waals surface area contributed by atoms with Crippen molar-refractivity contribution < 1.29 is 14.3 Å². The van der Waals surface area contributed by atoms with Gasteiger partial charge in [-0.15, -0.1) is 0 Å². The van der Waals surface area contributed by atoms with Gasteiger partial charge in [0.15, 0.2) is 5.78 Å². The van der Waals surface area contributed by atoms with E-state index in [0.29, 0.717) is 0 Å². The monoisotopic (exact) mass is 146 g/mol. The third-order valence-corrected chi connectivity index (χ3v) is 1.46. The first-order valence-corrected chi connectivity index (χ1v) is 3.12. The Kier molecular flexibility index (Phi) is 3.53. The van der Waals surface area contributed by atoms with Crippen molar-refractivity contribution in [1.29, 1.82) is 0 Å². The van der Waals surface area contributed by atoms with E-state index in [1.807, 2.05) is 0 Å². The number of ketones is 1. The van der Waals surface area contributed by atoms with Crippen LogP contribution in [-0.2, 0) is 14.3 Å². The number of carbonyl (C=O) groups excluding carboxylic acids is 1. The maximum atomic E-state index is 11.0. The lowest BCUT2D eigenvalue weighted by Crippen LogP contribution is -2.36. The van der Waals surface area contributed by atoms with E-state index in [1.165, 1.54) is 14.2 Å². The summed E-state index contributed by atoms with van der Waals surface area (Å²) in [7, 11) is 3.00. The topological polar surface area (TPSA) is 35.5 Å². The van der Waals surface area contributed by atoms with Gasteiger partial charge in [-0.1, -0.05) is 0 Å². The largest absolute Gasteiger partial charge is 0.377 e. The van der Waals surface area contributed by atoms with Crippen LogP contribution in [0.4, 0.5) is 0 Å². The Morgan fingerprint density at radius 2 is 1.90 bits per heavy atom. The molecular weight excluding hydrogens is 132 g/mol. The third-order valence-electron chi connectivity index (χ3n) is 1.46. The summed E-state index contributed by atoms with van der Waals surface area (Å²) in [5.74, 6) is -0.0440. The Morgan fingerprint density at radius 3 is 2.20 bits per heavy atom. The molecule has 0 aliphatic heterocycles. The van der Waals surface area contributed by atoms with Gasteiger partial charge in [0, 0.05) is 14.2 Å². The van der Waals surface area contributed by atoms with Crippen LogP contribution >= 0.6 is 0 Å². The Morgan fingerprint density at radius 1 is 1.40 bits per heavy atom. The summed E-state index contributed by atoms with van der Waals surface area (Å²) < 4.78 is 9.58. The van der Waals surface area contributed by atoms with Gasteiger partial charge in [0.1, 0.15) is 12.2 Å². The molecule has 0 saturated carbocycles. The van der Waals surface area contributed by atoms with Crippen LogP contribution in [0.2, 0.25) is 0 Å². The fraction of sp³-hybridized carbons (Fsp3) is 0.857. The van der Waals surface area contributed by atoms with Gasteiger partial charge in [-0.05, 0) is 13.8 Å². The molecule has 0 amide bonds. The molecule has 0 fully saturated rings. The fourth-order valence-electron chi connectivity index (χ4n) is 0.419. The van der Waals surface area contributed by atoms with Gasteiger partial charge in [-0.2, -0.15) is 0 Å². The maximum Gasteiger partial charge on any atom is 0.189 e. The van der Waals surface area contributed by atoms with E-state index < -0.39 is 5.60 Å². The zero-order valence-electron chi connectivity index (χ0n) is 6.93. The predicted molar refractivity (Wildman–Crippen MR) is 38.0 cm³/mol. The lowest BCUT2D eigenvalue weighted by molar-refractivity contribution is -0.140. The van der Waals surface area contributed by atoms with Crippen LogP contribution in [0.3, 0.4) is 0 Å². The van der Waals surface area contributed by atoms with Crippen LogP contribution in [0, 0.1) is 0 Å². The van der Waals surface area contributed by atoms with E-state index in [9.17, 15) is 4.79 Å². The van der Waals surface area contributed by atoms with Gasteiger partial charge in [-0.25, -0.2) is 0 Å². The van der Waals surface area contributed by atoms with Crippen LogP contribution in [0.5, 0.6) is 0 Å². The Labute approximate surface area is 61.3 Å². The summed E-state index contributed by atoms with van der Waals surface area (Å²) in [5.41, 5.74) is -0.712. The highest BCUT2D eigenvalue weighted by Gasteiger charge is 2.25. The van der Waals surface area contributed by atoms with E-state index in [2.05, 4.69) is 4.74 Å². The van der Waals surface area contributed by atoms with Crippen LogP contribution in [-0.4, -0.2) is 32.2 Å². The zero-order chi connectivity index (χ0) is 8.20. The van der Waals surface area contributed by atoms with Crippen LogP contribution in [0.15, 0.2) is 0 Å². The van der Waals surface area contributed by atoms with E-state index in [-0.39, 0.29) is 12.4 Å². The lowest BCUT2D eigenvalue weighted by atomic mass is 10.0. The van der Waals surface area contributed by atoms with Crippen LogP contribution in [0.1, 0.15) is 13.8 Å². The van der Waals surface area contributed by atoms with Gasteiger partial charge < -0.3 is 9.47 Å². The lowest BCUT2D eigenvalue weighted by Gasteiger charge is -2.20. The number of carbonyl (C=O) groups is 1. The first-order valence-electron chi connectivity index (χ1n) is 3.12. The summed E-state index contributed by atoms with van der Waals surface area (Å²) >= 11 is 0. The van der Waals surface area contributed by atoms with E-state index >= 15 is 0 Å². The second kappa shape index (κ2) is 3.68. The van der Waals surface area contributed by atoms with Crippen LogP contribution < -0.4 is 0 Å². The van der Waals surface area contributed by atoms with Gasteiger partial charge in [-0.3, -0.25) is 4.79 Å². The average molecular weight is 146 g/mol. The van der Waals surface area contributed by atoms with Gasteiger partial charge in [0.2, 0.25) is 0 Å². The van der Waals surface area contributed by atoms with E-state index in [0.717, 1.165) is 0 Å². The molecule has 0 aliphatic rings. The number of hydrogen-bond donors (Lipinski definition) is 0. The Balaban J connectivity index is 3.91. The molecule has 0 aromatic carbocycles. The van der Waals surface area contributed by atoms with E-state index in [1.54, 1.807) is 13.8 Å². The molecule has 0 heterocycles. The molecule has 0 unspecified atom stereocenters. The van der Waals surface area contributed by atoms with E-state index in [4.69, 9.17) is 4.74 Å². The molecule has 0 aliphatic carbocycles. The van der Waals surface area contributed by atoms with Gasteiger partial charge >= 0.3 is 0 Å². The molecule has 3 nitrogen and oxygen atoms in total. The van der Waals surface area contributed by atoms with Crippen molar-refractivity contribution in [2.45, 2.75) is 19.4 Å². The first-order chi connectivity index (χ1) is 4.54. The van der Waals surface area contributed by atoms with Crippen molar-refractivity contribution >= 4 is 5.78 Å². The second-order valence-corrected chi connectivity index (χ2v) is 2.57. The Hall–Kier alpha value is -0.410. The van der Waals surface area contributed by atoms with Crippen molar-refractivity contribution in [3.8, 4) is 0 Å². The molecular formula is C7H14O3. The fourth-order valence-corrected chi connectivity index (χ4v) is 0.419. The summed E-state index contributed by atoms with van der Waals surface area (Å²) in [4.78, 5) is 11.0. The van der Waals surface area contributed by atoms with Crippen molar-refractivity contribution in [1.82, 2.24) is 0 Å². The smallest absolute Gasteiger partial charge is 0.189 e. The first kappa shape index (κ1) is 9.59. The highest BCUT2D eigenvalue weighted by Crippen LogP contribution is 2.08. The summed E-state index contributed by atoms with van der Waals surface area (Å²) in [6.07, 6.45) is 0. The highest BCUT2D eigenvalue weighted by atomic mass is 16.5. The van der Waals surface area contributed by atoms with Crippen LogP contribution in [0.25, 0.3) is 0 Å². The number of methoxy groups -OCH3 is 2. The number of rotatable bonds is 4. The minimum Gasteiger partial charge on any atom is -0.377 e. The molecule has 60 valence electrons. The molecule has 10 heavy (non-hydrogen) atoms. The summed E-state index contributed by atoms with van der Waals surface area (Å²) in [5, 5.41) is 0.